The second kappa shape index (κ2) is 9.76. The van der Waals surface area contributed by atoms with Gasteiger partial charge in [0.05, 0.1) is 17.4 Å². The molecule has 1 amide bonds. The summed E-state index contributed by atoms with van der Waals surface area (Å²) in [7, 11) is 1.64. The summed E-state index contributed by atoms with van der Waals surface area (Å²) < 4.78 is 11.4. The molecule has 8 heteroatoms. The monoisotopic (exact) mass is 458 g/mol. The SMILES string of the molecule is COc1ccc(-c2nc(NC(=O)COc3ccccc3C3SCCS3)sc2C)cc1. The molecule has 30 heavy (non-hydrogen) atoms. The molecule has 0 atom stereocenters. The first-order chi connectivity index (χ1) is 14.6. The van der Waals surface area contributed by atoms with E-state index in [4.69, 9.17) is 9.47 Å². The van der Waals surface area contributed by atoms with Crippen LogP contribution in [0.3, 0.4) is 0 Å². The van der Waals surface area contributed by atoms with Gasteiger partial charge in [0.25, 0.3) is 5.91 Å². The summed E-state index contributed by atoms with van der Waals surface area (Å²) in [6.07, 6.45) is 0. The minimum absolute atomic E-state index is 0.0461. The number of hydrogen-bond donors (Lipinski definition) is 1. The molecule has 156 valence electrons. The Morgan fingerprint density at radius 3 is 2.60 bits per heavy atom. The molecule has 2 heterocycles. The summed E-state index contributed by atoms with van der Waals surface area (Å²) >= 11 is 5.29. The Hall–Kier alpha value is -2.16. The average Bonchev–Trinajstić information content (AvgIpc) is 3.42. The van der Waals surface area contributed by atoms with Crippen molar-refractivity contribution in [3.05, 3.63) is 59.0 Å². The van der Waals surface area contributed by atoms with E-state index < -0.39 is 0 Å². The van der Waals surface area contributed by atoms with Crippen LogP contribution in [0.4, 0.5) is 5.13 Å². The molecule has 1 aliphatic rings. The zero-order chi connectivity index (χ0) is 20.9. The van der Waals surface area contributed by atoms with Crippen molar-refractivity contribution in [3.8, 4) is 22.8 Å². The molecule has 1 fully saturated rings. The van der Waals surface area contributed by atoms with Crippen LogP contribution in [0.5, 0.6) is 11.5 Å². The average molecular weight is 459 g/mol. The van der Waals surface area contributed by atoms with E-state index in [2.05, 4.69) is 16.4 Å². The fourth-order valence-electron chi connectivity index (χ4n) is 3.11. The van der Waals surface area contributed by atoms with Crippen molar-refractivity contribution in [1.82, 2.24) is 4.98 Å². The maximum absolute atomic E-state index is 12.5. The number of aromatic nitrogens is 1. The largest absolute Gasteiger partial charge is 0.497 e. The lowest BCUT2D eigenvalue weighted by Gasteiger charge is -2.14. The third kappa shape index (κ3) is 4.94. The third-order valence-corrected chi connectivity index (χ3v) is 8.51. The lowest BCUT2D eigenvalue weighted by molar-refractivity contribution is -0.118. The molecule has 1 aliphatic heterocycles. The number of carbonyl (C=O) groups is 1. The Morgan fingerprint density at radius 1 is 1.13 bits per heavy atom. The lowest BCUT2D eigenvalue weighted by Crippen LogP contribution is -2.20. The van der Waals surface area contributed by atoms with Crippen molar-refractivity contribution in [1.29, 1.82) is 0 Å². The molecule has 1 N–H and O–H groups in total. The van der Waals surface area contributed by atoms with Gasteiger partial charge in [-0.3, -0.25) is 10.1 Å². The van der Waals surface area contributed by atoms with Crippen LogP contribution in [-0.4, -0.2) is 36.1 Å². The Labute approximate surface area is 188 Å². The van der Waals surface area contributed by atoms with Gasteiger partial charge in [0.15, 0.2) is 11.7 Å². The minimum atomic E-state index is -0.216. The fraction of sp³-hybridized carbons (Fsp3) is 0.273. The number of nitrogens with one attached hydrogen (secondary N) is 1. The van der Waals surface area contributed by atoms with Crippen LogP contribution >= 0.6 is 34.9 Å². The Kier molecular flexibility index (Phi) is 6.86. The fourth-order valence-corrected chi connectivity index (χ4v) is 6.87. The van der Waals surface area contributed by atoms with Gasteiger partial charge in [-0.25, -0.2) is 4.98 Å². The van der Waals surface area contributed by atoms with E-state index in [1.165, 1.54) is 11.3 Å². The number of para-hydroxylation sites is 1. The normalized spacial score (nSPS) is 13.9. The summed E-state index contributed by atoms with van der Waals surface area (Å²) in [6, 6.07) is 15.7. The topological polar surface area (TPSA) is 60.5 Å². The second-order valence-electron chi connectivity index (χ2n) is 6.60. The number of ether oxygens (including phenoxy) is 2. The van der Waals surface area contributed by atoms with Gasteiger partial charge in [-0.05, 0) is 37.3 Å². The second-order valence-corrected chi connectivity index (χ2v) is 10.5. The molecule has 0 saturated carbocycles. The van der Waals surface area contributed by atoms with Crippen molar-refractivity contribution in [2.24, 2.45) is 0 Å². The molecule has 1 saturated heterocycles. The number of amides is 1. The van der Waals surface area contributed by atoms with Crippen molar-refractivity contribution in [3.63, 3.8) is 0 Å². The number of nitrogens with zero attached hydrogens (tertiary/aromatic N) is 1. The summed E-state index contributed by atoms with van der Waals surface area (Å²) in [6.45, 7) is 1.95. The van der Waals surface area contributed by atoms with Gasteiger partial charge in [0, 0.05) is 27.5 Å². The smallest absolute Gasteiger partial charge is 0.264 e. The van der Waals surface area contributed by atoms with Gasteiger partial charge >= 0.3 is 0 Å². The van der Waals surface area contributed by atoms with E-state index >= 15 is 0 Å². The summed E-state index contributed by atoms with van der Waals surface area (Å²) in [5.74, 6) is 3.64. The molecule has 1 aromatic heterocycles. The molecule has 2 aromatic carbocycles. The van der Waals surface area contributed by atoms with E-state index in [-0.39, 0.29) is 12.5 Å². The van der Waals surface area contributed by atoms with E-state index in [1.54, 1.807) is 7.11 Å². The van der Waals surface area contributed by atoms with Gasteiger partial charge in [-0.15, -0.1) is 34.9 Å². The third-order valence-electron chi connectivity index (χ3n) is 4.56. The Bertz CT molecular complexity index is 1010. The first kappa shape index (κ1) is 21.1. The van der Waals surface area contributed by atoms with Crippen molar-refractivity contribution in [2.75, 3.05) is 30.5 Å². The standard InChI is InChI=1S/C22H22N2O3S3/c1-14-20(15-7-9-16(26-2)10-8-15)24-22(30-14)23-19(25)13-27-18-6-4-3-5-17(18)21-28-11-12-29-21/h3-10,21H,11-13H2,1-2H3,(H,23,24,25). The maximum Gasteiger partial charge on any atom is 0.264 e. The molecular weight excluding hydrogens is 436 g/mol. The van der Waals surface area contributed by atoms with Crippen LogP contribution in [0.1, 0.15) is 15.0 Å². The highest BCUT2D eigenvalue weighted by molar-refractivity contribution is 8.19. The van der Waals surface area contributed by atoms with Crippen LogP contribution in [0.15, 0.2) is 48.5 Å². The summed E-state index contributed by atoms with van der Waals surface area (Å²) in [4.78, 5) is 18.1. The molecule has 4 rings (SSSR count). The van der Waals surface area contributed by atoms with Gasteiger partial charge in [0.1, 0.15) is 11.5 Å². The van der Waals surface area contributed by atoms with Gasteiger partial charge in [0.2, 0.25) is 0 Å². The van der Waals surface area contributed by atoms with Crippen molar-refractivity contribution < 1.29 is 14.3 Å². The number of methoxy groups -OCH3 is 1. The maximum atomic E-state index is 12.5. The number of anilines is 1. The zero-order valence-corrected chi connectivity index (χ0v) is 19.2. The highest BCUT2D eigenvalue weighted by Crippen LogP contribution is 2.48. The van der Waals surface area contributed by atoms with E-state index in [0.717, 1.165) is 44.7 Å². The number of rotatable bonds is 7. The van der Waals surface area contributed by atoms with Gasteiger partial charge in [-0.2, -0.15) is 0 Å². The number of aryl methyl sites for hydroxylation is 1. The molecule has 0 spiro atoms. The minimum Gasteiger partial charge on any atom is -0.497 e. The lowest BCUT2D eigenvalue weighted by atomic mass is 10.1. The predicted octanol–water partition coefficient (Wildman–Crippen LogP) is 5.62. The van der Waals surface area contributed by atoms with Crippen molar-refractivity contribution >= 4 is 45.9 Å². The highest BCUT2D eigenvalue weighted by Gasteiger charge is 2.22. The molecule has 3 aromatic rings. The summed E-state index contributed by atoms with van der Waals surface area (Å²) in [5, 5.41) is 3.43. The Balaban J connectivity index is 1.39. The molecule has 5 nitrogen and oxygen atoms in total. The number of thioether (sulfide) groups is 2. The molecule has 0 unspecified atom stereocenters. The van der Waals surface area contributed by atoms with Crippen LogP contribution in [0, 0.1) is 6.92 Å². The van der Waals surface area contributed by atoms with Gasteiger partial charge in [-0.1, -0.05) is 18.2 Å². The van der Waals surface area contributed by atoms with E-state index in [0.29, 0.717) is 9.71 Å². The van der Waals surface area contributed by atoms with Crippen LogP contribution in [0.25, 0.3) is 11.3 Å². The number of benzene rings is 2. The molecular formula is C22H22N2O3S3. The molecule has 0 bridgehead atoms. The highest BCUT2D eigenvalue weighted by atomic mass is 32.2. The summed E-state index contributed by atoms with van der Waals surface area (Å²) in [5.41, 5.74) is 2.99. The molecule has 0 radical (unpaired) electrons. The van der Waals surface area contributed by atoms with Crippen molar-refractivity contribution in [2.45, 2.75) is 11.5 Å². The van der Waals surface area contributed by atoms with E-state index in [1.807, 2.05) is 72.9 Å². The Morgan fingerprint density at radius 2 is 1.87 bits per heavy atom. The predicted molar refractivity (Wildman–Crippen MR) is 127 cm³/mol. The van der Waals surface area contributed by atoms with Gasteiger partial charge < -0.3 is 9.47 Å². The first-order valence-electron chi connectivity index (χ1n) is 9.50. The number of thiazole rings is 1. The van der Waals surface area contributed by atoms with Crippen LogP contribution in [-0.2, 0) is 4.79 Å². The quantitative estimate of drug-likeness (QED) is 0.496. The number of carbonyl (C=O) groups excluding carboxylic acids is 1. The zero-order valence-electron chi connectivity index (χ0n) is 16.7. The van der Waals surface area contributed by atoms with Crippen LogP contribution in [0.2, 0.25) is 0 Å². The number of hydrogen-bond acceptors (Lipinski definition) is 7. The van der Waals surface area contributed by atoms with E-state index in [9.17, 15) is 4.79 Å². The first-order valence-corrected chi connectivity index (χ1v) is 12.4. The van der Waals surface area contributed by atoms with Crippen LogP contribution < -0.4 is 14.8 Å². The molecule has 0 aliphatic carbocycles.